The Labute approximate surface area is 201 Å². The van der Waals surface area contributed by atoms with Crippen molar-refractivity contribution >= 4 is 21.4 Å². The van der Waals surface area contributed by atoms with Gasteiger partial charge in [-0.15, -0.1) is 5.10 Å². The number of benzene rings is 2. The van der Waals surface area contributed by atoms with Crippen LogP contribution in [0.5, 0.6) is 5.75 Å². The van der Waals surface area contributed by atoms with Gasteiger partial charge in [0, 0.05) is 38.1 Å². The fourth-order valence-corrected chi connectivity index (χ4v) is 5.65. The number of hydrogen-bond donors (Lipinski definition) is 0. The van der Waals surface area contributed by atoms with E-state index in [1.54, 1.807) is 12.1 Å². The van der Waals surface area contributed by atoms with Crippen molar-refractivity contribution in [2.24, 2.45) is 0 Å². The molecule has 9 nitrogen and oxygen atoms in total. The number of pyridine rings is 1. The molecule has 0 spiro atoms. The van der Waals surface area contributed by atoms with Gasteiger partial charge in [0.25, 0.3) is 0 Å². The molecule has 1 fully saturated rings. The molecule has 3 heterocycles. The maximum atomic E-state index is 13.5. The third-order valence-electron chi connectivity index (χ3n) is 5.94. The molecule has 1 saturated heterocycles. The summed E-state index contributed by atoms with van der Waals surface area (Å²) in [5.74, 6) is 0.358. The molecule has 5 rings (SSSR count). The Kier molecular flexibility index (Phi) is 6.27. The minimum atomic E-state index is -3.89. The van der Waals surface area contributed by atoms with Crippen LogP contribution in [-0.2, 0) is 16.6 Å². The molecule has 2 aromatic carbocycles. The Balaban J connectivity index is 1.33. The Morgan fingerprint density at radius 1 is 0.914 bits per heavy atom. The molecule has 0 N–H and O–H groups in total. The molecule has 2 aromatic heterocycles. The Bertz CT molecular complexity index is 1480. The summed E-state index contributed by atoms with van der Waals surface area (Å²) in [5.41, 5.74) is 0.488. The highest BCUT2D eigenvalue weighted by atomic mass is 32.2. The van der Waals surface area contributed by atoms with E-state index in [9.17, 15) is 17.6 Å². The number of sulfonamides is 1. The van der Waals surface area contributed by atoms with Crippen molar-refractivity contribution in [3.05, 3.63) is 89.2 Å². The van der Waals surface area contributed by atoms with Crippen LogP contribution in [0.1, 0.15) is 0 Å². The van der Waals surface area contributed by atoms with Crippen LogP contribution in [0.25, 0.3) is 5.65 Å². The summed E-state index contributed by atoms with van der Waals surface area (Å²) in [7, 11) is -3.89. The SMILES string of the molecule is O=c1n(CCOc2ccccc2)nc2c(S(=O)(=O)N3CCN(c4ccc(F)cc4)CC3)cccn12. The van der Waals surface area contributed by atoms with Crippen LogP contribution in [0.3, 0.4) is 0 Å². The zero-order chi connectivity index (χ0) is 24.4. The van der Waals surface area contributed by atoms with E-state index in [0.29, 0.717) is 18.8 Å². The van der Waals surface area contributed by atoms with Crippen molar-refractivity contribution in [1.29, 1.82) is 0 Å². The van der Waals surface area contributed by atoms with Gasteiger partial charge in [-0.05, 0) is 48.5 Å². The third-order valence-corrected chi connectivity index (χ3v) is 7.86. The van der Waals surface area contributed by atoms with E-state index >= 15 is 0 Å². The topological polar surface area (TPSA) is 89.1 Å². The minimum Gasteiger partial charge on any atom is -0.492 e. The number of nitrogens with zero attached hydrogens (tertiary/aromatic N) is 5. The lowest BCUT2D eigenvalue weighted by atomic mass is 10.2. The number of rotatable bonds is 7. The first-order chi connectivity index (χ1) is 16.9. The predicted octanol–water partition coefficient (Wildman–Crippen LogP) is 2.22. The second-order valence-electron chi connectivity index (χ2n) is 8.10. The van der Waals surface area contributed by atoms with Gasteiger partial charge in [-0.2, -0.15) is 4.31 Å². The lowest BCUT2D eigenvalue weighted by Gasteiger charge is -2.35. The zero-order valence-electron chi connectivity index (χ0n) is 18.8. The number of aromatic nitrogens is 3. The van der Waals surface area contributed by atoms with Crippen molar-refractivity contribution in [3.8, 4) is 5.75 Å². The van der Waals surface area contributed by atoms with Gasteiger partial charge in [0.15, 0.2) is 5.65 Å². The molecule has 1 aliphatic rings. The number of fused-ring (bicyclic) bond motifs is 1. The van der Waals surface area contributed by atoms with Gasteiger partial charge in [0.1, 0.15) is 23.1 Å². The van der Waals surface area contributed by atoms with Crippen molar-refractivity contribution in [1.82, 2.24) is 18.5 Å². The molecule has 0 aliphatic carbocycles. The average Bonchev–Trinajstić information content (AvgIpc) is 3.20. The molecule has 182 valence electrons. The van der Waals surface area contributed by atoms with Crippen LogP contribution in [0.15, 0.2) is 82.6 Å². The molecule has 1 aliphatic heterocycles. The van der Waals surface area contributed by atoms with Crippen LogP contribution >= 0.6 is 0 Å². The number of hydrogen-bond acceptors (Lipinski definition) is 6. The largest absolute Gasteiger partial charge is 0.492 e. The van der Waals surface area contributed by atoms with Crippen molar-refractivity contribution in [2.75, 3.05) is 37.7 Å². The quantitative estimate of drug-likeness (QED) is 0.389. The van der Waals surface area contributed by atoms with Gasteiger partial charge >= 0.3 is 5.69 Å². The highest BCUT2D eigenvalue weighted by Gasteiger charge is 2.31. The lowest BCUT2D eigenvalue weighted by molar-refractivity contribution is 0.289. The van der Waals surface area contributed by atoms with Gasteiger partial charge in [-0.25, -0.2) is 26.7 Å². The molecule has 0 radical (unpaired) electrons. The monoisotopic (exact) mass is 497 g/mol. The number of para-hydroxylation sites is 1. The molecule has 0 atom stereocenters. The molecule has 11 heteroatoms. The predicted molar refractivity (Wildman–Crippen MR) is 129 cm³/mol. The summed E-state index contributed by atoms with van der Waals surface area (Å²) in [5, 5.41) is 4.31. The fraction of sp³-hybridized carbons (Fsp3) is 0.250. The van der Waals surface area contributed by atoms with Gasteiger partial charge < -0.3 is 9.64 Å². The standard InChI is InChI=1S/C24H24FN5O4S/c25-19-8-10-20(11-9-19)27-13-15-28(16-14-27)35(32,33)22-7-4-12-29-23(22)26-30(24(29)31)17-18-34-21-5-2-1-3-6-21/h1-12H,13-18H2. The molecular formula is C24H24FN5O4S. The average molecular weight is 498 g/mol. The van der Waals surface area contributed by atoms with Gasteiger partial charge in [-0.3, -0.25) is 0 Å². The summed E-state index contributed by atoms with van der Waals surface area (Å²) in [6.45, 7) is 1.83. The first-order valence-corrected chi connectivity index (χ1v) is 12.6. The number of anilines is 1. The smallest absolute Gasteiger partial charge is 0.350 e. The minimum absolute atomic E-state index is 0.0185. The van der Waals surface area contributed by atoms with E-state index < -0.39 is 15.7 Å². The van der Waals surface area contributed by atoms with Crippen LogP contribution in [0, 0.1) is 5.82 Å². The maximum absolute atomic E-state index is 13.5. The Morgan fingerprint density at radius 3 is 2.34 bits per heavy atom. The highest BCUT2D eigenvalue weighted by Crippen LogP contribution is 2.23. The van der Waals surface area contributed by atoms with E-state index in [1.807, 2.05) is 35.2 Å². The summed E-state index contributed by atoms with van der Waals surface area (Å²) >= 11 is 0. The van der Waals surface area contributed by atoms with E-state index in [0.717, 1.165) is 5.69 Å². The summed E-state index contributed by atoms with van der Waals surface area (Å²) in [6.07, 6.45) is 1.50. The normalized spacial score (nSPS) is 14.9. The zero-order valence-corrected chi connectivity index (χ0v) is 19.6. The van der Waals surface area contributed by atoms with E-state index in [2.05, 4.69) is 5.10 Å². The molecule has 35 heavy (non-hydrogen) atoms. The third kappa shape index (κ3) is 4.64. The Morgan fingerprint density at radius 2 is 1.63 bits per heavy atom. The van der Waals surface area contributed by atoms with Crippen LogP contribution in [0.4, 0.5) is 10.1 Å². The summed E-state index contributed by atoms with van der Waals surface area (Å²) in [6, 6.07) is 18.3. The molecule has 0 amide bonds. The summed E-state index contributed by atoms with van der Waals surface area (Å²) < 4.78 is 49.7. The van der Waals surface area contributed by atoms with Crippen molar-refractivity contribution < 1.29 is 17.5 Å². The second kappa shape index (κ2) is 9.51. The van der Waals surface area contributed by atoms with Crippen LogP contribution < -0.4 is 15.3 Å². The van der Waals surface area contributed by atoms with E-state index in [1.165, 1.54) is 43.9 Å². The molecule has 0 unspecified atom stereocenters. The van der Waals surface area contributed by atoms with Gasteiger partial charge in [0.2, 0.25) is 10.0 Å². The number of halogens is 1. The second-order valence-corrected chi connectivity index (χ2v) is 10.0. The van der Waals surface area contributed by atoms with Crippen LogP contribution in [-0.4, -0.2) is 59.7 Å². The number of ether oxygens (including phenoxy) is 1. The first kappa shape index (κ1) is 23.1. The first-order valence-electron chi connectivity index (χ1n) is 11.2. The van der Waals surface area contributed by atoms with Gasteiger partial charge in [-0.1, -0.05) is 18.2 Å². The summed E-state index contributed by atoms with van der Waals surface area (Å²) in [4.78, 5) is 14.8. The van der Waals surface area contributed by atoms with Gasteiger partial charge in [0.05, 0.1) is 6.54 Å². The molecular weight excluding hydrogens is 473 g/mol. The number of piperazine rings is 1. The molecule has 4 aromatic rings. The molecule has 0 saturated carbocycles. The highest BCUT2D eigenvalue weighted by molar-refractivity contribution is 7.89. The maximum Gasteiger partial charge on any atom is 0.350 e. The van der Waals surface area contributed by atoms with E-state index in [-0.39, 0.29) is 42.6 Å². The van der Waals surface area contributed by atoms with Crippen LogP contribution in [0.2, 0.25) is 0 Å². The van der Waals surface area contributed by atoms with Crippen molar-refractivity contribution in [2.45, 2.75) is 11.4 Å². The fourth-order valence-electron chi connectivity index (χ4n) is 4.10. The van der Waals surface area contributed by atoms with E-state index in [4.69, 9.17) is 4.74 Å². The molecule has 0 bridgehead atoms. The van der Waals surface area contributed by atoms with Crippen molar-refractivity contribution in [3.63, 3.8) is 0 Å². The Hall–Kier alpha value is -3.70. The lowest BCUT2D eigenvalue weighted by Crippen LogP contribution is -2.48.